The summed E-state index contributed by atoms with van der Waals surface area (Å²) in [5.41, 5.74) is 1.09. The molecule has 0 spiro atoms. The molecule has 22 heavy (non-hydrogen) atoms. The normalized spacial score (nSPS) is 28.3. The number of hydrogen-bond acceptors (Lipinski definition) is 8. The van der Waals surface area contributed by atoms with Crippen LogP contribution in [0.3, 0.4) is 0 Å². The summed E-state index contributed by atoms with van der Waals surface area (Å²) in [6.45, 7) is 3.29. The van der Waals surface area contributed by atoms with Gasteiger partial charge in [0, 0.05) is 5.75 Å². The Hall–Kier alpha value is -1.52. The Bertz CT molecular complexity index is 679. The van der Waals surface area contributed by atoms with Gasteiger partial charge < -0.3 is 20.1 Å². The third-order valence-corrected chi connectivity index (χ3v) is 4.43. The molecule has 118 valence electrons. The van der Waals surface area contributed by atoms with Crippen molar-refractivity contribution in [2.24, 2.45) is 0 Å². The minimum atomic E-state index is -1.17. The Morgan fingerprint density at radius 3 is 2.82 bits per heavy atom. The highest BCUT2D eigenvalue weighted by Gasteiger charge is 2.43. The molecule has 1 saturated heterocycles. The molecular weight excluding hydrogens is 308 g/mol. The molecule has 0 radical (unpaired) electrons. The fourth-order valence-electron chi connectivity index (χ4n) is 2.37. The Balaban J connectivity index is 1.97. The van der Waals surface area contributed by atoms with Gasteiger partial charge in [-0.05, 0) is 0 Å². The molecule has 0 saturated carbocycles. The third-order valence-electron chi connectivity index (χ3n) is 3.45. The van der Waals surface area contributed by atoms with Crippen molar-refractivity contribution in [3.63, 3.8) is 0 Å². The van der Waals surface area contributed by atoms with E-state index < -0.39 is 24.5 Å². The molecule has 1 aliphatic heterocycles. The van der Waals surface area contributed by atoms with Crippen molar-refractivity contribution in [3.05, 3.63) is 25.3 Å². The molecule has 0 unspecified atom stereocenters. The summed E-state index contributed by atoms with van der Waals surface area (Å²) in [5.74, 6) is 0.687. The molecule has 0 aliphatic carbocycles. The van der Waals surface area contributed by atoms with Crippen LogP contribution < -0.4 is 0 Å². The smallest absolute Gasteiger partial charge is 0.166 e. The van der Waals surface area contributed by atoms with Gasteiger partial charge in [-0.2, -0.15) is 0 Å². The summed E-state index contributed by atoms with van der Waals surface area (Å²) < 4.78 is 7.04. The highest BCUT2D eigenvalue weighted by Crippen LogP contribution is 2.32. The number of aliphatic hydroxyl groups is 3. The Morgan fingerprint density at radius 1 is 1.32 bits per heavy atom. The van der Waals surface area contributed by atoms with E-state index in [0.717, 1.165) is 0 Å². The van der Waals surface area contributed by atoms with Crippen molar-refractivity contribution in [2.45, 2.75) is 29.6 Å². The first kappa shape index (κ1) is 15.4. The maximum atomic E-state index is 10.1. The van der Waals surface area contributed by atoms with Crippen LogP contribution in [0.2, 0.25) is 0 Å². The largest absolute Gasteiger partial charge is 0.394 e. The van der Waals surface area contributed by atoms with E-state index in [1.54, 1.807) is 10.6 Å². The zero-order valence-corrected chi connectivity index (χ0v) is 12.4. The topological polar surface area (TPSA) is 114 Å². The number of aromatic nitrogens is 4. The molecule has 3 rings (SSSR count). The van der Waals surface area contributed by atoms with Gasteiger partial charge in [0.05, 0.1) is 12.9 Å². The van der Waals surface area contributed by atoms with E-state index in [0.29, 0.717) is 21.9 Å². The van der Waals surface area contributed by atoms with Crippen LogP contribution in [0, 0.1) is 0 Å². The molecule has 0 amide bonds. The van der Waals surface area contributed by atoms with Gasteiger partial charge in [0.25, 0.3) is 0 Å². The standard InChI is InChI=1S/C13H16N4O4S/c1-2-3-22-12-8-11(14-5-15-12)17(6-16-8)13-10(20)9(19)7(4-18)21-13/h2,5-7,9-10,13,18-20H,1,3-4H2/t7-,9+,10-,13+/m0/s1. The molecule has 0 aromatic carbocycles. The first-order chi connectivity index (χ1) is 10.7. The van der Waals surface area contributed by atoms with E-state index in [-0.39, 0.29) is 6.61 Å². The van der Waals surface area contributed by atoms with Crippen molar-refractivity contribution in [2.75, 3.05) is 12.4 Å². The lowest BCUT2D eigenvalue weighted by molar-refractivity contribution is -0.0511. The Morgan fingerprint density at radius 2 is 2.14 bits per heavy atom. The highest BCUT2D eigenvalue weighted by atomic mass is 32.2. The van der Waals surface area contributed by atoms with Crippen LogP contribution in [-0.2, 0) is 4.74 Å². The van der Waals surface area contributed by atoms with Crippen molar-refractivity contribution in [1.82, 2.24) is 19.5 Å². The zero-order chi connectivity index (χ0) is 15.7. The van der Waals surface area contributed by atoms with Gasteiger partial charge in [0.2, 0.25) is 0 Å². The minimum Gasteiger partial charge on any atom is -0.394 e. The van der Waals surface area contributed by atoms with Crippen molar-refractivity contribution < 1.29 is 20.1 Å². The Labute approximate surface area is 130 Å². The van der Waals surface area contributed by atoms with E-state index in [2.05, 4.69) is 21.5 Å². The number of hydrogen-bond donors (Lipinski definition) is 3. The van der Waals surface area contributed by atoms with Crippen molar-refractivity contribution >= 4 is 22.9 Å². The van der Waals surface area contributed by atoms with E-state index in [9.17, 15) is 10.2 Å². The summed E-state index contributed by atoms with van der Waals surface area (Å²) in [6.07, 6.45) is 0.628. The second-order valence-electron chi connectivity index (χ2n) is 4.83. The monoisotopic (exact) mass is 324 g/mol. The molecule has 1 aliphatic rings. The minimum absolute atomic E-state index is 0.378. The van der Waals surface area contributed by atoms with Crippen LogP contribution >= 0.6 is 11.8 Å². The summed E-state index contributed by atoms with van der Waals surface area (Å²) in [4.78, 5) is 12.6. The van der Waals surface area contributed by atoms with Gasteiger partial charge in [-0.1, -0.05) is 17.8 Å². The fourth-order valence-corrected chi connectivity index (χ4v) is 3.05. The van der Waals surface area contributed by atoms with Crippen LogP contribution in [0.15, 0.2) is 30.3 Å². The van der Waals surface area contributed by atoms with Crippen LogP contribution in [0.1, 0.15) is 6.23 Å². The highest BCUT2D eigenvalue weighted by molar-refractivity contribution is 7.99. The summed E-state index contributed by atoms with van der Waals surface area (Å²) >= 11 is 1.47. The van der Waals surface area contributed by atoms with Crippen LogP contribution in [-0.4, -0.2) is 65.5 Å². The number of ether oxygens (including phenoxy) is 1. The van der Waals surface area contributed by atoms with Gasteiger partial charge in [-0.25, -0.2) is 15.0 Å². The van der Waals surface area contributed by atoms with Crippen molar-refractivity contribution in [1.29, 1.82) is 0 Å². The molecule has 2 aromatic rings. The van der Waals surface area contributed by atoms with Crippen LogP contribution in [0.5, 0.6) is 0 Å². The lowest BCUT2D eigenvalue weighted by Crippen LogP contribution is -2.33. The molecule has 2 aromatic heterocycles. The second-order valence-corrected chi connectivity index (χ2v) is 5.84. The average Bonchev–Trinajstić information content (AvgIpc) is 3.08. The quantitative estimate of drug-likeness (QED) is 0.391. The molecule has 1 fully saturated rings. The first-order valence-corrected chi connectivity index (χ1v) is 7.69. The molecule has 3 N–H and O–H groups in total. The summed E-state index contributed by atoms with van der Waals surface area (Å²) in [7, 11) is 0. The van der Waals surface area contributed by atoms with Gasteiger partial charge in [-0.15, -0.1) is 6.58 Å². The fraction of sp³-hybridized carbons (Fsp3) is 0.462. The van der Waals surface area contributed by atoms with Gasteiger partial charge in [0.1, 0.15) is 35.2 Å². The molecule has 8 nitrogen and oxygen atoms in total. The van der Waals surface area contributed by atoms with Crippen LogP contribution in [0.4, 0.5) is 0 Å². The third kappa shape index (κ3) is 2.50. The predicted octanol–water partition coefficient (Wildman–Crippen LogP) is -0.284. The van der Waals surface area contributed by atoms with Gasteiger partial charge in [0.15, 0.2) is 11.9 Å². The molecule has 3 heterocycles. The molecule has 0 bridgehead atoms. The first-order valence-electron chi connectivity index (χ1n) is 6.71. The SMILES string of the molecule is C=CCSc1ncnc2c1ncn2[C@@H]1O[C@@H](CO)[C@@H](O)[C@@H]1O. The van der Waals surface area contributed by atoms with Gasteiger partial charge >= 0.3 is 0 Å². The predicted molar refractivity (Wildman–Crippen MR) is 79.3 cm³/mol. The summed E-state index contributed by atoms with van der Waals surface area (Å²) in [6, 6.07) is 0. The average molecular weight is 324 g/mol. The van der Waals surface area contributed by atoms with Gasteiger partial charge in [-0.3, -0.25) is 4.57 Å². The lowest BCUT2D eigenvalue weighted by atomic mass is 10.1. The Kier molecular flexibility index (Phi) is 4.41. The molecular formula is C13H16N4O4S. The number of aliphatic hydroxyl groups excluding tert-OH is 3. The second kappa shape index (κ2) is 6.31. The van der Waals surface area contributed by atoms with Crippen molar-refractivity contribution in [3.8, 4) is 0 Å². The van der Waals surface area contributed by atoms with E-state index in [1.807, 2.05) is 0 Å². The lowest BCUT2D eigenvalue weighted by Gasteiger charge is -2.16. The van der Waals surface area contributed by atoms with Crippen LogP contribution in [0.25, 0.3) is 11.2 Å². The number of imidazole rings is 1. The maximum Gasteiger partial charge on any atom is 0.166 e. The number of rotatable bonds is 5. The summed E-state index contributed by atoms with van der Waals surface area (Å²) in [5, 5.41) is 29.8. The van der Waals surface area contributed by atoms with E-state index >= 15 is 0 Å². The molecule has 9 heteroatoms. The number of fused-ring (bicyclic) bond motifs is 1. The molecule has 4 atom stereocenters. The number of thioether (sulfide) groups is 1. The number of nitrogens with zero attached hydrogens (tertiary/aromatic N) is 4. The van der Waals surface area contributed by atoms with E-state index in [1.165, 1.54) is 24.4 Å². The maximum absolute atomic E-state index is 10.1. The van der Waals surface area contributed by atoms with E-state index in [4.69, 9.17) is 9.84 Å². The zero-order valence-electron chi connectivity index (χ0n) is 11.6.